The van der Waals surface area contributed by atoms with Gasteiger partial charge in [-0.05, 0) is 30.2 Å². The maximum Gasteiger partial charge on any atom is 0.330 e. The van der Waals surface area contributed by atoms with Gasteiger partial charge >= 0.3 is 12.0 Å². The molecule has 2 amide bonds. The number of halogens is 1. The first-order valence-electron chi connectivity index (χ1n) is 7.14. The molecule has 0 saturated heterocycles. The molecule has 118 valence electrons. The fourth-order valence-electron chi connectivity index (χ4n) is 2.71. The van der Waals surface area contributed by atoms with Crippen LogP contribution >= 0.6 is 11.6 Å². The van der Waals surface area contributed by atoms with Gasteiger partial charge in [0.05, 0.1) is 0 Å². The molecule has 1 saturated carbocycles. The summed E-state index contributed by atoms with van der Waals surface area (Å²) in [5.41, 5.74) is 0.148. The molecule has 1 aliphatic carbocycles. The van der Waals surface area contributed by atoms with Gasteiger partial charge in [-0.25, -0.2) is 9.59 Å². The number of carboxylic acids is 1. The minimum Gasteiger partial charge on any atom is -0.479 e. The number of anilines is 1. The van der Waals surface area contributed by atoms with Crippen LogP contribution in [0.4, 0.5) is 10.5 Å². The Balaban J connectivity index is 1.72. The van der Waals surface area contributed by atoms with Crippen molar-refractivity contribution in [3.63, 3.8) is 0 Å². The highest BCUT2D eigenvalue weighted by Crippen LogP contribution is 2.51. The van der Waals surface area contributed by atoms with Crippen LogP contribution in [0.1, 0.15) is 17.9 Å². The SMILES string of the molecule is O=C(Nc1cccc(Cl)c1)NC1(C(=O)O)CC1c1ccccc1. The number of aliphatic carboxylic acids is 1. The molecule has 2 unspecified atom stereocenters. The zero-order valence-corrected chi connectivity index (χ0v) is 12.9. The molecule has 23 heavy (non-hydrogen) atoms. The van der Waals surface area contributed by atoms with Gasteiger partial charge in [-0.3, -0.25) is 0 Å². The molecule has 5 nitrogen and oxygen atoms in total. The number of rotatable bonds is 4. The zero-order chi connectivity index (χ0) is 16.4. The second-order valence-corrected chi connectivity index (χ2v) is 5.97. The summed E-state index contributed by atoms with van der Waals surface area (Å²) in [5.74, 6) is -1.26. The van der Waals surface area contributed by atoms with Crippen LogP contribution in [-0.2, 0) is 4.79 Å². The summed E-state index contributed by atoms with van der Waals surface area (Å²) < 4.78 is 0. The van der Waals surface area contributed by atoms with Crippen LogP contribution < -0.4 is 10.6 Å². The number of carbonyl (C=O) groups is 2. The van der Waals surface area contributed by atoms with Crippen molar-refractivity contribution in [2.24, 2.45) is 0 Å². The molecule has 2 aromatic rings. The summed E-state index contributed by atoms with van der Waals surface area (Å²) >= 11 is 5.86. The first kappa shape index (κ1) is 15.4. The van der Waals surface area contributed by atoms with Crippen molar-refractivity contribution in [2.75, 3.05) is 5.32 Å². The number of urea groups is 1. The number of carbonyl (C=O) groups excluding carboxylic acids is 1. The third-order valence-electron chi connectivity index (χ3n) is 3.96. The summed E-state index contributed by atoms with van der Waals surface area (Å²) in [6.45, 7) is 0. The zero-order valence-electron chi connectivity index (χ0n) is 12.1. The number of nitrogens with one attached hydrogen (secondary N) is 2. The molecule has 0 bridgehead atoms. The lowest BCUT2D eigenvalue weighted by Crippen LogP contribution is -2.46. The van der Waals surface area contributed by atoms with Crippen LogP contribution in [0.5, 0.6) is 0 Å². The van der Waals surface area contributed by atoms with E-state index in [4.69, 9.17) is 11.6 Å². The van der Waals surface area contributed by atoms with E-state index in [1.165, 1.54) is 0 Å². The van der Waals surface area contributed by atoms with Crippen LogP contribution in [0.3, 0.4) is 0 Å². The van der Waals surface area contributed by atoms with E-state index in [-0.39, 0.29) is 5.92 Å². The smallest absolute Gasteiger partial charge is 0.330 e. The Morgan fingerprint density at radius 2 is 1.87 bits per heavy atom. The Labute approximate surface area is 138 Å². The monoisotopic (exact) mass is 330 g/mol. The van der Waals surface area contributed by atoms with Gasteiger partial charge in [0.1, 0.15) is 5.54 Å². The van der Waals surface area contributed by atoms with Crippen LogP contribution in [0.2, 0.25) is 5.02 Å². The largest absolute Gasteiger partial charge is 0.479 e. The molecule has 0 spiro atoms. The molecule has 0 aromatic heterocycles. The fraction of sp³-hybridized carbons (Fsp3) is 0.176. The molecule has 2 atom stereocenters. The minimum atomic E-state index is -1.26. The molecule has 6 heteroatoms. The minimum absolute atomic E-state index is 0.230. The highest BCUT2D eigenvalue weighted by molar-refractivity contribution is 6.30. The second-order valence-electron chi connectivity index (χ2n) is 5.53. The molecule has 3 rings (SSSR count). The average molecular weight is 331 g/mol. The quantitative estimate of drug-likeness (QED) is 0.803. The molecule has 0 heterocycles. The highest BCUT2D eigenvalue weighted by Gasteiger charge is 2.62. The van der Waals surface area contributed by atoms with E-state index in [1.807, 2.05) is 30.3 Å². The predicted molar refractivity (Wildman–Crippen MR) is 87.8 cm³/mol. The third-order valence-corrected chi connectivity index (χ3v) is 4.20. The lowest BCUT2D eigenvalue weighted by atomic mass is 10.1. The molecular formula is C17H15ClN2O3. The van der Waals surface area contributed by atoms with E-state index in [2.05, 4.69) is 10.6 Å². The molecule has 0 radical (unpaired) electrons. The van der Waals surface area contributed by atoms with Gasteiger partial charge in [-0.2, -0.15) is 0 Å². The predicted octanol–water partition coefficient (Wildman–Crippen LogP) is 3.47. The Morgan fingerprint density at radius 1 is 1.13 bits per heavy atom. The fourth-order valence-corrected chi connectivity index (χ4v) is 2.90. The van der Waals surface area contributed by atoms with Crippen molar-refractivity contribution < 1.29 is 14.7 Å². The van der Waals surface area contributed by atoms with Gasteiger partial charge in [0.2, 0.25) is 0 Å². The van der Waals surface area contributed by atoms with E-state index in [0.29, 0.717) is 17.1 Å². The summed E-state index contributed by atoms with van der Waals surface area (Å²) in [7, 11) is 0. The van der Waals surface area contributed by atoms with Gasteiger partial charge < -0.3 is 15.7 Å². The number of benzene rings is 2. The Kier molecular flexibility index (Phi) is 3.96. The maximum atomic E-state index is 12.1. The van der Waals surface area contributed by atoms with E-state index >= 15 is 0 Å². The summed E-state index contributed by atoms with van der Waals surface area (Å²) in [6.07, 6.45) is 0.370. The summed E-state index contributed by atoms with van der Waals surface area (Å²) in [5, 5.41) is 15.2. The summed E-state index contributed by atoms with van der Waals surface area (Å²) in [4.78, 5) is 23.8. The van der Waals surface area contributed by atoms with Crippen LogP contribution in [0.25, 0.3) is 0 Å². The van der Waals surface area contributed by atoms with Gasteiger partial charge in [-0.1, -0.05) is 48.0 Å². The first-order valence-corrected chi connectivity index (χ1v) is 7.52. The van der Waals surface area contributed by atoms with E-state index < -0.39 is 17.5 Å². The van der Waals surface area contributed by atoms with Gasteiger partial charge in [0.25, 0.3) is 0 Å². The Hall–Kier alpha value is -2.53. The average Bonchev–Trinajstić information content (AvgIpc) is 3.23. The normalized spacial score (nSPS) is 22.2. The Bertz CT molecular complexity index is 751. The molecule has 2 aromatic carbocycles. The topological polar surface area (TPSA) is 78.4 Å². The van der Waals surface area contributed by atoms with Crippen molar-refractivity contribution >= 4 is 29.3 Å². The Morgan fingerprint density at radius 3 is 2.52 bits per heavy atom. The van der Waals surface area contributed by atoms with Crippen molar-refractivity contribution in [1.82, 2.24) is 5.32 Å². The van der Waals surface area contributed by atoms with E-state index in [9.17, 15) is 14.7 Å². The standard InChI is InChI=1S/C17H15ClN2O3/c18-12-7-4-8-13(9-12)19-16(23)20-17(15(21)22)10-14(17)11-5-2-1-3-6-11/h1-9,14H,10H2,(H,21,22)(H2,19,20,23). The van der Waals surface area contributed by atoms with Crippen molar-refractivity contribution in [3.05, 3.63) is 65.2 Å². The highest BCUT2D eigenvalue weighted by atomic mass is 35.5. The van der Waals surface area contributed by atoms with Crippen LogP contribution in [0, 0.1) is 0 Å². The van der Waals surface area contributed by atoms with E-state index in [0.717, 1.165) is 5.56 Å². The molecular weight excluding hydrogens is 316 g/mol. The number of hydrogen-bond donors (Lipinski definition) is 3. The van der Waals surface area contributed by atoms with Crippen LogP contribution in [-0.4, -0.2) is 22.6 Å². The van der Waals surface area contributed by atoms with Gasteiger partial charge in [0.15, 0.2) is 0 Å². The third kappa shape index (κ3) is 3.14. The van der Waals surface area contributed by atoms with Gasteiger partial charge in [0, 0.05) is 16.6 Å². The molecule has 1 fully saturated rings. The van der Waals surface area contributed by atoms with Crippen molar-refractivity contribution in [2.45, 2.75) is 17.9 Å². The van der Waals surface area contributed by atoms with Crippen molar-refractivity contribution in [3.8, 4) is 0 Å². The maximum absolute atomic E-state index is 12.1. The first-order chi connectivity index (χ1) is 11.0. The van der Waals surface area contributed by atoms with Gasteiger partial charge in [-0.15, -0.1) is 0 Å². The van der Waals surface area contributed by atoms with Crippen LogP contribution in [0.15, 0.2) is 54.6 Å². The number of amides is 2. The second kappa shape index (κ2) is 5.93. The molecule has 3 N–H and O–H groups in total. The van der Waals surface area contributed by atoms with Crippen molar-refractivity contribution in [1.29, 1.82) is 0 Å². The lowest BCUT2D eigenvalue weighted by molar-refractivity contribution is -0.140. The lowest BCUT2D eigenvalue weighted by Gasteiger charge is -2.16. The number of hydrogen-bond acceptors (Lipinski definition) is 2. The number of carboxylic acid groups (broad SMARTS) is 1. The molecule has 0 aliphatic heterocycles. The summed E-state index contributed by atoms with van der Waals surface area (Å²) in [6, 6.07) is 15.4. The van der Waals surface area contributed by atoms with E-state index in [1.54, 1.807) is 24.3 Å². The molecule has 1 aliphatic rings.